The van der Waals surface area contributed by atoms with Crippen molar-refractivity contribution in [3.8, 4) is 0 Å². The Morgan fingerprint density at radius 3 is 2.62 bits per heavy atom. The molecule has 0 heterocycles. The smallest absolute Gasteiger partial charge is 0.133 e. The predicted octanol–water partition coefficient (Wildman–Crippen LogP) is 3.24. The van der Waals surface area contributed by atoms with E-state index in [9.17, 15) is 0 Å². The zero-order chi connectivity index (χ0) is 11.6. The van der Waals surface area contributed by atoms with Gasteiger partial charge in [0, 0.05) is 13.0 Å². The minimum atomic E-state index is -0.221. The molecule has 3 heteroatoms. The van der Waals surface area contributed by atoms with E-state index < -0.39 is 0 Å². The number of alkyl halides is 1. The Morgan fingerprint density at radius 1 is 1.19 bits per heavy atom. The molecule has 1 aromatic rings. The van der Waals surface area contributed by atoms with Crippen LogP contribution in [0.5, 0.6) is 0 Å². The molecule has 90 valence electrons. The number of benzene rings is 1. The van der Waals surface area contributed by atoms with Gasteiger partial charge in [0.15, 0.2) is 0 Å². The summed E-state index contributed by atoms with van der Waals surface area (Å²) in [6.07, 6.45) is 1.69. The number of hydrogen-bond donors (Lipinski definition) is 0. The van der Waals surface area contributed by atoms with E-state index in [2.05, 4.69) is 12.1 Å². The number of halogens is 1. The van der Waals surface area contributed by atoms with E-state index in [1.807, 2.05) is 25.1 Å². The third-order valence-electron chi connectivity index (χ3n) is 2.21. The highest BCUT2D eigenvalue weighted by Crippen LogP contribution is 2.04. The molecule has 0 spiro atoms. The third kappa shape index (κ3) is 6.11. The molecular weight excluding hydrogens is 224 g/mol. The van der Waals surface area contributed by atoms with Gasteiger partial charge in [0.05, 0.1) is 13.2 Å². The van der Waals surface area contributed by atoms with Crippen LogP contribution in [0.1, 0.15) is 18.9 Å². The molecule has 0 N–H and O–H groups in total. The quantitative estimate of drug-likeness (QED) is 0.515. The second kappa shape index (κ2) is 8.57. The molecule has 0 fully saturated rings. The fourth-order valence-electron chi connectivity index (χ4n) is 1.38. The molecule has 1 aromatic carbocycles. The molecule has 0 aliphatic heterocycles. The molecule has 0 aliphatic rings. The Kier molecular flexibility index (Phi) is 7.23. The molecule has 1 unspecified atom stereocenters. The van der Waals surface area contributed by atoms with Gasteiger partial charge in [-0.25, -0.2) is 0 Å². The average Bonchev–Trinajstić information content (AvgIpc) is 2.30. The van der Waals surface area contributed by atoms with Gasteiger partial charge in [0.25, 0.3) is 0 Å². The first-order valence-electron chi connectivity index (χ1n) is 5.70. The first-order chi connectivity index (χ1) is 7.83. The van der Waals surface area contributed by atoms with E-state index in [-0.39, 0.29) is 5.56 Å². The molecule has 0 bridgehead atoms. The zero-order valence-electron chi connectivity index (χ0n) is 9.69. The first kappa shape index (κ1) is 13.5. The van der Waals surface area contributed by atoms with Crippen molar-refractivity contribution in [2.45, 2.75) is 25.3 Å². The second-order valence-corrected chi connectivity index (χ2v) is 3.99. The lowest BCUT2D eigenvalue weighted by molar-refractivity contribution is 0.0701. The highest BCUT2D eigenvalue weighted by molar-refractivity contribution is 6.19. The van der Waals surface area contributed by atoms with Gasteiger partial charge in [-0.1, -0.05) is 41.9 Å². The monoisotopic (exact) mass is 242 g/mol. The third-order valence-corrected chi connectivity index (χ3v) is 2.56. The molecule has 0 radical (unpaired) electrons. The van der Waals surface area contributed by atoms with Crippen LogP contribution in [0.25, 0.3) is 0 Å². The van der Waals surface area contributed by atoms with Gasteiger partial charge in [-0.3, -0.25) is 0 Å². The molecule has 1 rings (SSSR count). The minimum Gasteiger partial charge on any atom is -0.381 e. The van der Waals surface area contributed by atoms with E-state index in [0.717, 1.165) is 19.4 Å². The van der Waals surface area contributed by atoms with Crippen LogP contribution < -0.4 is 0 Å². The topological polar surface area (TPSA) is 18.5 Å². The molecule has 0 aromatic heterocycles. The van der Waals surface area contributed by atoms with E-state index in [1.54, 1.807) is 0 Å². The van der Waals surface area contributed by atoms with Crippen LogP contribution in [-0.2, 0) is 15.9 Å². The Morgan fingerprint density at radius 2 is 1.94 bits per heavy atom. The van der Waals surface area contributed by atoms with E-state index in [0.29, 0.717) is 13.2 Å². The standard InChI is InChI=1S/C13H19ClO2/c1-2-16-13(14)9-11-15-10-8-12-6-4-3-5-7-12/h3-7,13H,2,8-11H2,1H3. The summed E-state index contributed by atoms with van der Waals surface area (Å²) in [5, 5.41) is 0. The molecule has 2 nitrogen and oxygen atoms in total. The van der Waals surface area contributed by atoms with Crippen LogP contribution in [0.15, 0.2) is 30.3 Å². The summed E-state index contributed by atoms with van der Waals surface area (Å²) in [7, 11) is 0. The predicted molar refractivity (Wildman–Crippen MR) is 66.8 cm³/mol. The van der Waals surface area contributed by atoms with Gasteiger partial charge in [-0.05, 0) is 18.9 Å². The normalized spacial score (nSPS) is 12.6. The molecule has 0 aliphatic carbocycles. The fraction of sp³-hybridized carbons (Fsp3) is 0.538. The highest BCUT2D eigenvalue weighted by atomic mass is 35.5. The van der Waals surface area contributed by atoms with Crippen molar-refractivity contribution in [1.82, 2.24) is 0 Å². The van der Waals surface area contributed by atoms with Crippen molar-refractivity contribution < 1.29 is 9.47 Å². The van der Waals surface area contributed by atoms with Gasteiger partial charge in [-0.15, -0.1) is 0 Å². The number of hydrogen-bond acceptors (Lipinski definition) is 2. The maximum absolute atomic E-state index is 5.87. The molecular formula is C13H19ClO2. The second-order valence-electron chi connectivity index (χ2n) is 3.50. The summed E-state index contributed by atoms with van der Waals surface area (Å²) in [6, 6.07) is 10.3. The Hall–Kier alpha value is -0.570. The molecule has 0 saturated carbocycles. The van der Waals surface area contributed by atoms with Crippen LogP contribution in [0, 0.1) is 0 Å². The molecule has 0 amide bonds. The number of rotatable bonds is 8. The fourth-order valence-corrected chi connectivity index (χ4v) is 1.59. The van der Waals surface area contributed by atoms with E-state index >= 15 is 0 Å². The lowest BCUT2D eigenvalue weighted by Crippen LogP contribution is -2.09. The molecule has 1 atom stereocenters. The van der Waals surface area contributed by atoms with E-state index in [1.165, 1.54) is 5.56 Å². The summed E-state index contributed by atoms with van der Waals surface area (Å²) in [4.78, 5) is 0. The number of ether oxygens (including phenoxy) is 2. The zero-order valence-corrected chi connectivity index (χ0v) is 10.5. The van der Waals surface area contributed by atoms with Crippen LogP contribution in [0.3, 0.4) is 0 Å². The van der Waals surface area contributed by atoms with Crippen molar-refractivity contribution in [2.24, 2.45) is 0 Å². The summed E-state index contributed by atoms with van der Waals surface area (Å²) < 4.78 is 10.7. The lowest BCUT2D eigenvalue weighted by atomic mass is 10.2. The maximum Gasteiger partial charge on any atom is 0.133 e. The van der Waals surface area contributed by atoms with Gasteiger partial charge in [0.2, 0.25) is 0 Å². The van der Waals surface area contributed by atoms with Crippen LogP contribution in [-0.4, -0.2) is 25.4 Å². The van der Waals surface area contributed by atoms with Crippen molar-refractivity contribution >= 4 is 11.6 Å². The molecule has 16 heavy (non-hydrogen) atoms. The maximum atomic E-state index is 5.87. The summed E-state index contributed by atoms with van der Waals surface area (Å²) in [5.74, 6) is 0. The minimum absolute atomic E-state index is 0.221. The van der Waals surface area contributed by atoms with Gasteiger partial charge < -0.3 is 9.47 Å². The van der Waals surface area contributed by atoms with E-state index in [4.69, 9.17) is 21.1 Å². The summed E-state index contributed by atoms with van der Waals surface area (Å²) in [5.41, 5.74) is 1.08. The van der Waals surface area contributed by atoms with Crippen LogP contribution in [0.4, 0.5) is 0 Å². The van der Waals surface area contributed by atoms with Crippen molar-refractivity contribution in [3.63, 3.8) is 0 Å². The summed E-state index contributed by atoms with van der Waals surface area (Å²) in [6.45, 7) is 3.98. The van der Waals surface area contributed by atoms with Crippen molar-refractivity contribution in [1.29, 1.82) is 0 Å². The van der Waals surface area contributed by atoms with Gasteiger partial charge in [0.1, 0.15) is 5.56 Å². The Labute approximate surface area is 103 Å². The van der Waals surface area contributed by atoms with Gasteiger partial charge in [-0.2, -0.15) is 0 Å². The highest BCUT2D eigenvalue weighted by Gasteiger charge is 2.02. The first-order valence-corrected chi connectivity index (χ1v) is 6.14. The Bertz CT molecular complexity index is 264. The lowest BCUT2D eigenvalue weighted by Gasteiger charge is -2.09. The van der Waals surface area contributed by atoms with Gasteiger partial charge >= 0.3 is 0 Å². The van der Waals surface area contributed by atoms with Crippen LogP contribution in [0.2, 0.25) is 0 Å². The Balaban J connectivity index is 2.00. The van der Waals surface area contributed by atoms with Crippen molar-refractivity contribution in [3.05, 3.63) is 35.9 Å². The summed E-state index contributed by atoms with van der Waals surface area (Å²) >= 11 is 5.87. The largest absolute Gasteiger partial charge is 0.381 e. The SMILES string of the molecule is CCOC(Cl)CCOCCc1ccccc1. The van der Waals surface area contributed by atoms with Crippen LogP contribution >= 0.6 is 11.6 Å². The average molecular weight is 243 g/mol. The van der Waals surface area contributed by atoms with Crippen molar-refractivity contribution in [2.75, 3.05) is 19.8 Å². The molecule has 0 saturated heterocycles.